The number of hydrogen-bond acceptors (Lipinski definition) is 5. The van der Waals surface area contributed by atoms with E-state index >= 15 is 0 Å². The Kier molecular flexibility index (Phi) is 5.74. The fraction of sp³-hybridized carbons (Fsp3) is 0.455. The van der Waals surface area contributed by atoms with Gasteiger partial charge in [-0.1, -0.05) is 13.0 Å². The average molecular weight is 393 g/mol. The third-order valence-corrected chi connectivity index (χ3v) is 5.83. The maximum atomic E-state index is 13.0. The predicted molar refractivity (Wildman–Crippen MR) is 111 cm³/mol. The number of likely N-dealkylation sites (tertiary alicyclic amines) is 1. The van der Waals surface area contributed by atoms with Crippen LogP contribution in [0.3, 0.4) is 0 Å². The van der Waals surface area contributed by atoms with Crippen LogP contribution in [0.1, 0.15) is 40.5 Å². The Balaban J connectivity index is 1.39. The minimum absolute atomic E-state index is 0.0256. The highest BCUT2D eigenvalue weighted by atomic mass is 16.2. The molecule has 0 spiro atoms. The lowest BCUT2D eigenvalue weighted by Gasteiger charge is -2.34. The van der Waals surface area contributed by atoms with Crippen molar-refractivity contribution in [1.29, 1.82) is 0 Å². The van der Waals surface area contributed by atoms with Crippen molar-refractivity contribution in [3.8, 4) is 0 Å². The second-order valence-electron chi connectivity index (χ2n) is 7.88. The summed E-state index contributed by atoms with van der Waals surface area (Å²) < 4.78 is 0. The standard InChI is InChI=1S/C22H27N5O2/c1-17-6-10-25(11-7-17)20(28)18-4-2-5-19(16-18)21(29)26-12-14-27(15-13-26)22-23-8-3-9-24-22/h2-5,8-9,16-17H,6-7,10-15H2,1H3. The first-order valence-corrected chi connectivity index (χ1v) is 10.3. The van der Waals surface area contributed by atoms with Gasteiger partial charge in [-0.05, 0) is 43.0 Å². The van der Waals surface area contributed by atoms with Gasteiger partial charge in [0.05, 0.1) is 0 Å². The SMILES string of the molecule is CC1CCN(C(=O)c2cccc(C(=O)N3CCN(c4ncccn4)CC3)c2)CC1. The zero-order chi connectivity index (χ0) is 20.2. The molecule has 2 amide bonds. The molecule has 2 aliphatic rings. The number of aromatic nitrogens is 2. The molecule has 1 aromatic heterocycles. The molecule has 0 unspecified atom stereocenters. The highest BCUT2D eigenvalue weighted by Gasteiger charge is 2.25. The second kappa shape index (κ2) is 8.59. The first kappa shape index (κ1) is 19.4. The third-order valence-electron chi connectivity index (χ3n) is 5.83. The topological polar surface area (TPSA) is 69.6 Å². The average Bonchev–Trinajstić information content (AvgIpc) is 2.79. The van der Waals surface area contributed by atoms with E-state index < -0.39 is 0 Å². The maximum Gasteiger partial charge on any atom is 0.253 e. The molecule has 0 saturated carbocycles. The van der Waals surface area contributed by atoms with E-state index in [0.29, 0.717) is 49.2 Å². The lowest BCUT2D eigenvalue weighted by Crippen LogP contribution is -2.49. The van der Waals surface area contributed by atoms with E-state index in [9.17, 15) is 9.59 Å². The quantitative estimate of drug-likeness (QED) is 0.800. The van der Waals surface area contributed by atoms with E-state index in [0.717, 1.165) is 25.9 Å². The number of nitrogens with zero attached hydrogens (tertiary/aromatic N) is 5. The van der Waals surface area contributed by atoms with Crippen LogP contribution in [-0.2, 0) is 0 Å². The fourth-order valence-electron chi connectivity index (χ4n) is 3.93. The molecular formula is C22H27N5O2. The summed E-state index contributed by atoms with van der Waals surface area (Å²) in [6.07, 6.45) is 5.54. The Morgan fingerprint density at radius 3 is 1.97 bits per heavy atom. The smallest absolute Gasteiger partial charge is 0.253 e. The van der Waals surface area contributed by atoms with Gasteiger partial charge in [0.2, 0.25) is 5.95 Å². The summed E-state index contributed by atoms with van der Waals surface area (Å²) in [5.74, 6) is 1.37. The zero-order valence-corrected chi connectivity index (χ0v) is 16.8. The largest absolute Gasteiger partial charge is 0.339 e. The van der Waals surface area contributed by atoms with Gasteiger partial charge in [0.15, 0.2) is 0 Å². The number of amides is 2. The Bertz CT molecular complexity index is 857. The molecule has 0 bridgehead atoms. The van der Waals surface area contributed by atoms with Crippen molar-refractivity contribution >= 4 is 17.8 Å². The number of piperidine rings is 1. The predicted octanol–water partition coefficient (Wildman–Crippen LogP) is 2.31. The van der Waals surface area contributed by atoms with Crippen LogP contribution in [0.4, 0.5) is 5.95 Å². The molecule has 2 fully saturated rings. The number of carbonyl (C=O) groups excluding carboxylic acids is 2. The highest BCUT2D eigenvalue weighted by molar-refractivity contribution is 5.99. The molecule has 7 nitrogen and oxygen atoms in total. The highest BCUT2D eigenvalue weighted by Crippen LogP contribution is 2.19. The normalized spacial score (nSPS) is 18.0. The maximum absolute atomic E-state index is 13.0. The van der Waals surface area contributed by atoms with Gasteiger partial charge in [-0.3, -0.25) is 9.59 Å². The summed E-state index contributed by atoms with van der Waals surface area (Å²) >= 11 is 0. The van der Waals surface area contributed by atoms with E-state index in [1.54, 1.807) is 36.7 Å². The van der Waals surface area contributed by atoms with Crippen LogP contribution in [0.5, 0.6) is 0 Å². The van der Waals surface area contributed by atoms with Crippen LogP contribution in [-0.4, -0.2) is 70.9 Å². The minimum atomic E-state index is -0.0273. The van der Waals surface area contributed by atoms with Crippen molar-refractivity contribution in [3.05, 3.63) is 53.9 Å². The summed E-state index contributed by atoms with van der Waals surface area (Å²) in [5, 5.41) is 0. The van der Waals surface area contributed by atoms with Crippen molar-refractivity contribution in [3.63, 3.8) is 0 Å². The number of anilines is 1. The summed E-state index contributed by atoms with van der Waals surface area (Å²) in [7, 11) is 0. The van der Waals surface area contributed by atoms with E-state index in [1.807, 2.05) is 15.9 Å². The Morgan fingerprint density at radius 2 is 1.38 bits per heavy atom. The van der Waals surface area contributed by atoms with Crippen LogP contribution in [0.2, 0.25) is 0 Å². The first-order valence-electron chi connectivity index (χ1n) is 10.3. The summed E-state index contributed by atoms with van der Waals surface area (Å²) in [5.41, 5.74) is 1.17. The summed E-state index contributed by atoms with van der Waals surface area (Å²) in [4.78, 5) is 40.2. The molecule has 29 heavy (non-hydrogen) atoms. The number of carbonyl (C=O) groups is 2. The van der Waals surface area contributed by atoms with Gasteiger partial charge in [-0.2, -0.15) is 0 Å². The molecule has 7 heteroatoms. The minimum Gasteiger partial charge on any atom is -0.339 e. The molecule has 4 rings (SSSR count). The van der Waals surface area contributed by atoms with Crippen LogP contribution in [0.15, 0.2) is 42.7 Å². The van der Waals surface area contributed by atoms with Crippen LogP contribution in [0.25, 0.3) is 0 Å². The van der Waals surface area contributed by atoms with Crippen molar-refractivity contribution in [2.24, 2.45) is 5.92 Å². The Hall–Kier alpha value is -2.96. The van der Waals surface area contributed by atoms with Gasteiger partial charge in [0.1, 0.15) is 0 Å². The monoisotopic (exact) mass is 393 g/mol. The van der Waals surface area contributed by atoms with Gasteiger partial charge in [0, 0.05) is 62.8 Å². The molecular weight excluding hydrogens is 366 g/mol. The molecule has 2 saturated heterocycles. The van der Waals surface area contributed by atoms with Crippen LogP contribution < -0.4 is 4.90 Å². The third kappa shape index (κ3) is 4.39. The molecule has 0 radical (unpaired) electrons. The first-order chi connectivity index (χ1) is 14.1. The van der Waals surface area contributed by atoms with Gasteiger partial charge in [0.25, 0.3) is 11.8 Å². The van der Waals surface area contributed by atoms with Crippen molar-refractivity contribution in [2.45, 2.75) is 19.8 Å². The van der Waals surface area contributed by atoms with Crippen LogP contribution >= 0.6 is 0 Å². The molecule has 152 valence electrons. The lowest BCUT2D eigenvalue weighted by molar-refractivity contribution is 0.0697. The lowest BCUT2D eigenvalue weighted by atomic mass is 9.98. The second-order valence-corrected chi connectivity index (χ2v) is 7.88. The van der Waals surface area contributed by atoms with Crippen molar-refractivity contribution in [2.75, 3.05) is 44.2 Å². The number of benzene rings is 1. The van der Waals surface area contributed by atoms with Crippen LogP contribution in [0, 0.1) is 5.92 Å². The molecule has 0 aliphatic carbocycles. The molecule has 1 aromatic carbocycles. The number of hydrogen-bond donors (Lipinski definition) is 0. The van der Waals surface area contributed by atoms with E-state index in [1.165, 1.54) is 0 Å². The number of piperazine rings is 1. The molecule has 2 aliphatic heterocycles. The Morgan fingerprint density at radius 1 is 0.828 bits per heavy atom. The Labute approximate surface area is 171 Å². The summed E-state index contributed by atoms with van der Waals surface area (Å²) in [6.45, 7) is 6.42. The molecule has 0 N–H and O–H groups in total. The molecule has 2 aromatic rings. The zero-order valence-electron chi connectivity index (χ0n) is 16.8. The summed E-state index contributed by atoms with van der Waals surface area (Å²) in [6, 6.07) is 8.95. The van der Waals surface area contributed by atoms with E-state index in [-0.39, 0.29) is 11.8 Å². The van der Waals surface area contributed by atoms with Crippen molar-refractivity contribution < 1.29 is 9.59 Å². The van der Waals surface area contributed by atoms with E-state index in [2.05, 4.69) is 21.8 Å². The van der Waals surface area contributed by atoms with Gasteiger partial charge >= 0.3 is 0 Å². The van der Waals surface area contributed by atoms with Gasteiger partial charge in [-0.15, -0.1) is 0 Å². The van der Waals surface area contributed by atoms with E-state index in [4.69, 9.17) is 0 Å². The fourth-order valence-corrected chi connectivity index (χ4v) is 3.93. The number of rotatable bonds is 3. The molecule has 3 heterocycles. The molecule has 0 atom stereocenters. The van der Waals surface area contributed by atoms with Crippen molar-refractivity contribution in [1.82, 2.24) is 19.8 Å². The van der Waals surface area contributed by atoms with Gasteiger partial charge < -0.3 is 14.7 Å². The van der Waals surface area contributed by atoms with Gasteiger partial charge in [-0.25, -0.2) is 9.97 Å².